The minimum Gasteiger partial charge on any atom is -0.365 e. The molecule has 2 heteroatoms. The number of nitrogens with zero attached hydrogens (tertiary/aromatic N) is 1. The number of ether oxygens (including phenoxy) is 1. The summed E-state index contributed by atoms with van der Waals surface area (Å²) in [5, 5.41) is 0. The van der Waals surface area contributed by atoms with Crippen LogP contribution in [0.2, 0.25) is 0 Å². The monoisotopic (exact) mass is 149 g/mol. The first-order chi connectivity index (χ1) is 5.21. The quantitative estimate of drug-likeness (QED) is 0.567. The summed E-state index contributed by atoms with van der Waals surface area (Å²) >= 11 is 0. The molecule has 1 aromatic heterocycles. The normalized spacial score (nSPS) is 28.5. The van der Waals surface area contributed by atoms with Crippen LogP contribution in [-0.2, 0) is 10.3 Å². The Morgan fingerprint density at radius 2 is 2.27 bits per heavy atom. The van der Waals surface area contributed by atoms with Crippen LogP contribution in [0.3, 0.4) is 0 Å². The molecule has 2 heterocycles. The van der Waals surface area contributed by atoms with Crippen molar-refractivity contribution in [1.29, 1.82) is 0 Å². The SMILES string of the molecule is Cc1cncc(C2(C)CO2)c1. The number of hydrogen-bond donors (Lipinski definition) is 0. The van der Waals surface area contributed by atoms with Crippen LogP contribution in [-0.4, -0.2) is 11.6 Å². The largest absolute Gasteiger partial charge is 0.365 e. The molecule has 1 unspecified atom stereocenters. The van der Waals surface area contributed by atoms with Gasteiger partial charge in [0.15, 0.2) is 0 Å². The van der Waals surface area contributed by atoms with Gasteiger partial charge >= 0.3 is 0 Å². The molecule has 0 amide bonds. The maximum absolute atomic E-state index is 5.30. The minimum atomic E-state index is -0.0287. The Morgan fingerprint density at radius 1 is 1.55 bits per heavy atom. The lowest BCUT2D eigenvalue weighted by atomic mass is 10.0. The van der Waals surface area contributed by atoms with Crippen molar-refractivity contribution in [3.05, 3.63) is 29.6 Å². The number of aryl methyl sites for hydroxylation is 1. The van der Waals surface area contributed by atoms with E-state index in [2.05, 4.69) is 18.0 Å². The van der Waals surface area contributed by atoms with Crippen LogP contribution in [0.1, 0.15) is 18.1 Å². The molecule has 2 rings (SSSR count). The van der Waals surface area contributed by atoms with Gasteiger partial charge in [0.2, 0.25) is 0 Å². The van der Waals surface area contributed by atoms with E-state index >= 15 is 0 Å². The van der Waals surface area contributed by atoms with E-state index < -0.39 is 0 Å². The van der Waals surface area contributed by atoms with Gasteiger partial charge in [0, 0.05) is 18.0 Å². The van der Waals surface area contributed by atoms with Crippen molar-refractivity contribution in [3.8, 4) is 0 Å². The molecule has 0 N–H and O–H groups in total. The van der Waals surface area contributed by atoms with E-state index in [1.165, 1.54) is 11.1 Å². The highest BCUT2D eigenvalue weighted by atomic mass is 16.6. The van der Waals surface area contributed by atoms with Gasteiger partial charge in [0.25, 0.3) is 0 Å². The van der Waals surface area contributed by atoms with Crippen LogP contribution in [0, 0.1) is 6.92 Å². The molecular weight excluding hydrogens is 138 g/mol. The van der Waals surface area contributed by atoms with Crippen LogP contribution < -0.4 is 0 Å². The van der Waals surface area contributed by atoms with Crippen molar-refractivity contribution in [3.63, 3.8) is 0 Å². The molecule has 0 bridgehead atoms. The van der Waals surface area contributed by atoms with Crippen LogP contribution in [0.15, 0.2) is 18.5 Å². The van der Waals surface area contributed by atoms with Gasteiger partial charge in [-0.3, -0.25) is 4.98 Å². The Morgan fingerprint density at radius 3 is 2.82 bits per heavy atom. The molecule has 2 nitrogen and oxygen atoms in total. The predicted octanol–water partition coefficient (Wildman–Crippen LogP) is 1.64. The van der Waals surface area contributed by atoms with Gasteiger partial charge in [-0.1, -0.05) is 6.07 Å². The highest BCUT2D eigenvalue weighted by Crippen LogP contribution is 2.37. The Bertz CT molecular complexity index is 279. The zero-order valence-corrected chi connectivity index (χ0v) is 6.79. The van der Waals surface area contributed by atoms with Crippen LogP contribution in [0.25, 0.3) is 0 Å². The fraction of sp³-hybridized carbons (Fsp3) is 0.444. The summed E-state index contributed by atoms with van der Waals surface area (Å²) in [7, 11) is 0. The summed E-state index contributed by atoms with van der Waals surface area (Å²) in [5.41, 5.74) is 2.36. The highest BCUT2D eigenvalue weighted by molar-refractivity contribution is 5.25. The third-order valence-corrected chi connectivity index (χ3v) is 2.06. The summed E-state index contributed by atoms with van der Waals surface area (Å²) < 4.78 is 5.30. The molecule has 1 fully saturated rings. The van der Waals surface area contributed by atoms with Gasteiger partial charge < -0.3 is 4.74 Å². The lowest BCUT2D eigenvalue weighted by molar-refractivity contribution is 0.329. The summed E-state index contributed by atoms with van der Waals surface area (Å²) in [6, 6.07) is 2.12. The van der Waals surface area contributed by atoms with E-state index in [1.807, 2.05) is 19.3 Å². The molecule has 1 aliphatic heterocycles. The lowest BCUT2D eigenvalue weighted by Crippen LogP contribution is -2.02. The molecule has 0 aromatic carbocycles. The molecule has 58 valence electrons. The molecular formula is C9H11NO. The molecule has 0 spiro atoms. The van der Waals surface area contributed by atoms with Gasteiger partial charge in [0.1, 0.15) is 5.60 Å². The first kappa shape index (κ1) is 6.80. The Labute approximate surface area is 66.2 Å². The molecule has 1 atom stereocenters. The number of epoxide rings is 1. The zero-order chi connectivity index (χ0) is 7.90. The van der Waals surface area contributed by atoms with Gasteiger partial charge in [-0.05, 0) is 19.4 Å². The third-order valence-electron chi connectivity index (χ3n) is 2.06. The van der Waals surface area contributed by atoms with Crippen molar-refractivity contribution >= 4 is 0 Å². The maximum atomic E-state index is 5.30. The summed E-state index contributed by atoms with van der Waals surface area (Å²) in [4.78, 5) is 4.11. The number of aromatic nitrogens is 1. The second-order valence-corrected chi connectivity index (χ2v) is 3.27. The van der Waals surface area contributed by atoms with Crippen LogP contribution in [0.5, 0.6) is 0 Å². The fourth-order valence-corrected chi connectivity index (χ4v) is 1.12. The second kappa shape index (κ2) is 2.05. The first-order valence-electron chi connectivity index (χ1n) is 3.77. The highest BCUT2D eigenvalue weighted by Gasteiger charge is 2.41. The Hall–Kier alpha value is -0.890. The van der Waals surface area contributed by atoms with Gasteiger partial charge in [-0.25, -0.2) is 0 Å². The maximum Gasteiger partial charge on any atom is 0.115 e. The Balaban J connectivity index is 2.38. The standard InChI is InChI=1S/C9H11NO/c1-7-3-8(5-10-4-7)9(2)6-11-9/h3-5H,6H2,1-2H3. The van der Waals surface area contributed by atoms with E-state index in [0.717, 1.165) is 6.61 Å². The fourth-order valence-electron chi connectivity index (χ4n) is 1.12. The second-order valence-electron chi connectivity index (χ2n) is 3.27. The molecule has 1 saturated heterocycles. The van der Waals surface area contributed by atoms with Crippen molar-refractivity contribution in [2.75, 3.05) is 6.61 Å². The molecule has 1 aromatic rings. The van der Waals surface area contributed by atoms with E-state index in [9.17, 15) is 0 Å². The molecule has 11 heavy (non-hydrogen) atoms. The summed E-state index contributed by atoms with van der Waals surface area (Å²) in [6.45, 7) is 4.96. The molecule has 0 saturated carbocycles. The van der Waals surface area contributed by atoms with Crippen molar-refractivity contribution < 1.29 is 4.74 Å². The van der Waals surface area contributed by atoms with E-state index in [1.54, 1.807) is 0 Å². The smallest absolute Gasteiger partial charge is 0.115 e. The number of pyridine rings is 1. The molecule has 1 aliphatic rings. The van der Waals surface area contributed by atoms with E-state index in [4.69, 9.17) is 4.74 Å². The van der Waals surface area contributed by atoms with Crippen molar-refractivity contribution in [2.45, 2.75) is 19.4 Å². The Kier molecular flexibility index (Phi) is 1.26. The third kappa shape index (κ3) is 1.14. The van der Waals surface area contributed by atoms with Crippen molar-refractivity contribution in [2.24, 2.45) is 0 Å². The average molecular weight is 149 g/mol. The van der Waals surface area contributed by atoms with Crippen molar-refractivity contribution in [1.82, 2.24) is 4.98 Å². The predicted molar refractivity (Wildman–Crippen MR) is 42.3 cm³/mol. The summed E-state index contributed by atoms with van der Waals surface area (Å²) in [5.74, 6) is 0. The molecule has 0 radical (unpaired) electrons. The number of rotatable bonds is 1. The van der Waals surface area contributed by atoms with E-state index in [0.29, 0.717) is 0 Å². The zero-order valence-electron chi connectivity index (χ0n) is 6.79. The van der Waals surface area contributed by atoms with Gasteiger partial charge in [0.05, 0.1) is 6.61 Å². The first-order valence-corrected chi connectivity index (χ1v) is 3.77. The van der Waals surface area contributed by atoms with Crippen LogP contribution >= 0.6 is 0 Å². The number of hydrogen-bond acceptors (Lipinski definition) is 2. The molecule has 0 aliphatic carbocycles. The van der Waals surface area contributed by atoms with E-state index in [-0.39, 0.29) is 5.60 Å². The summed E-state index contributed by atoms with van der Waals surface area (Å²) in [6.07, 6.45) is 3.73. The average Bonchev–Trinajstić information content (AvgIpc) is 2.70. The van der Waals surface area contributed by atoms with Crippen LogP contribution in [0.4, 0.5) is 0 Å². The minimum absolute atomic E-state index is 0.0287. The topological polar surface area (TPSA) is 25.4 Å². The van der Waals surface area contributed by atoms with Gasteiger partial charge in [-0.15, -0.1) is 0 Å². The lowest BCUT2D eigenvalue weighted by Gasteiger charge is -2.04. The van der Waals surface area contributed by atoms with Gasteiger partial charge in [-0.2, -0.15) is 0 Å².